The van der Waals surface area contributed by atoms with Crippen molar-refractivity contribution in [1.29, 1.82) is 0 Å². The van der Waals surface area contributed by atoms with E-state index in [0.29, 0.717) is 22.5 Å². The number of hydrogen-bond donors (Lipinski definition) is 1. The molecule has 49 heavy (non-hydrogen) atoms. The molecule has 0 amide bonds. The number of aromatic carboxylic acids is 1. The number of aryl methyl sites for hydroxylation is 2. The second-order valence-corrected chi connectivity index (χ2v) is 12.3. The molecule has 4 aromatic carbocycles. The number of methoxy groups -OCH3 is 1. The number of aromatic nitrogens is 3. The van der Waals surface area contributed by atoms with Gasteiger partial charge in [-0.05, 0) is 110 Å². The lowest BCUT2D eigenvalue weighted by Gasteiger charge is -2.17. The van der Waals surface area contributed by atoms with E-state index in [1.165, 1.54) is 4.68 Å². The Morgan fingerprint density at radius 1 is 0.959 bits per heavy atom. The average Bonchev–Trinajstić information content (AvgIpc) is 3.38. The van der Waals surface area contributed by atoms with Crippen LogP contribution < -0.4 is 15.0 Å². The monoisotopic (exact) mass is 654 g/mol. The molecule has 0 unspecified atom stereocenters. The van der Waals surface area contributed by atoms with Crippen LogP contribution in [0.2, 0.25) is 0 Å². The summed E-state index contributed by atoms with van der Waals surface area (Å²) in [6.07, 6.45) is 1.71. The fraction of sp³-hybridized carbons (Fsp3) is 0.200. The first-order valence-corrected chi connectivity index (χ1v) is 16.0. The lowest BCUT2D eigenvalue weighted by atomic mass is 9.96. The molecule has 2 heterocycles. The third-order valence-electron chi connectivity index (χ3n) is 8.65. The summed E-state index contributed by atoms with van der Waals surface area (Å²) in [7, 11) is 1.67. The van der Waals surface area contributed by atoms with Gasteiger partial charge in [0.2, 0.25) is 0 Å². The number of benzene rings is 4. The Bertz CT molecular complexity index is 2280. The molecule has 9 nitrogen and oxygen atoms in total. The minimum atomic E-state index is -0.970. The molecule has 6 rings (SSSR count). The zero-order valence-electron chi connectivity index (χ0n) is 28.4. The quantitative estimate of drug-likeness (QED) is 0.150. The minimum Gasteiger partial charge on any atom is -0.496 e. The zero-order valence-corrected chi connectivity index (χ0v) is 28.4. The first-order valence-electron chi connectivity index (χ1n) is 16.0. The lowest BCUT2D eigenvalue weighted by molar-refractivity contribution is 0.0696. The normalized spacial score (nSPS) is 11.5. The van der Waals surface area contributed by atoms with Gasteiger partial charge in [-0.2, -0.15) is 9.78 Å². The van der Waals surface area contributed by atoms with Gasteiger partial charge in [0.25, 0.3) is 5.56 Å². The lowest BCUT2D eigenvalue weighted by Crippen LogP contribution is -2.21. The molecule has 0 saturated carbocycles. The van der Waals surface area contributed by atoms with Gasteiger partial charge in [-0.1, -0.05) is 38.1 Å². The number of carboxylic acid groups (broad SMARTS) is 1. The second-order valence-electron chi connectivity index (χ2n) is 12.3. The molecule has 0 saturated heterocycles. The van der Waals surface area contributed by atoms with Gasteiger partial charge in [-0.3, -0.25) is 4.79 Å². The van der Waals surface area contributed by atoms with Crippen molar-refractivity contribution in [3.8, 4) is 28.6 Å². The van der Waals surface area contributed by atoms with Crippen molar-refractivity contribution in [1.82, 2.24) is 14.2 Å². The molecule has 0 aliphatic heterocycles. The van der Waals surface area contributed by atoms with Crippen molar-refractivity contribution in [3.63, 3.8) is 0 Å². The van der Waals surface area contributed by atoms with Gasteiger partial charge in [-0.25, -0.2) is 9.78 Å². The molecule has 9 heteroatoms. The molecular weight excluding hydrogens is 616 g/mol. The van der Waals surface area contributed by atoms with Crippen LogP contribution >= 0.6 is 0 Å². The number of carbonyl (C=O) groups is 1. The van der Waals surface area contributed by atoms with Gasteiger partial charge in [-0.15, -0.1) is 0 Å². The van der Waals surface area contributed by atoms with E-state index in [1.807, 2.05) is 87.5 Å². The van der Waals surface area contributed by atoms with Crippen LogP contribution in [0.1, 0.15) is 63.8 Å². The van der Waals surface area contributed by atoms with Crippen LogP contribution in [0.15, 0.2) is 101 Å². The van der Waals surface area contributed by atoms with E-state index in [1.54, 1.807) is 37.6 Å². The molecular formula is C40H38N4O5. The highest BCUT2D eigenvalue weighted by atomic mass is 16.5. The molecule has 6 aromatic rings. The van der Waals surface area contributed by atoms with Crippen molar-refractivity contribution in [3.05, 3.63) is 141 Å². The number of rotatable bonds is 10. The molecule has 1 N–H and O–H groups in total. The highest BCUT2D eigenvalue weighted by Crippen LogP contribution is 2.34. The zero-order chi connectivity index (χ0) is 34.8. The van der Waals surface area contributed by atoms with Gasteiger partial charge < -0.3 is 19.1 Å². The summed E-state index contributed by atoms with van der Waals surface area (Å²) in [5.74, 6) is 1.15. The number of ether oxygens (including phenoxy) is 2. The SMILES string of the molecule is COc1cc(C)c(-c2nc3ccccc3c(=O)n2N=Cc2cc(C)n(-c3ccc(OCc4cccc(C(=O)O)c4)cc3)c2C)cc1C(C)C. The van der Waals surface area contributed by atoms with Gasteiger partial charge in [0, 0.05) is 28.2 Å². The van der Waals surface area contributed by atoms with Crippen molar-refractivity contribution >= 4 is 23.1 Å². The van der Waals surface area contributed by atoms with E-state index in [4.69, 9.17) is 19.6 Å². The molecule has 0 bridgehead atoms. The molecule has 0 aliphatic carbocycles. The molecule has 0 radical (unpaired) electrons. The summed E-state index contributed by atoms with van der Waals surface area (Å²) in [6.45, 7) is 10.5. The summed E-state index contributed by atoms with van der Waals surface area (Å²) in [5, 5.41) is 14.5. The minimum absolute atomic E-state index is 0.195. The average molecular weight is 655 g/mol. The predicted molar refractivity (Wildman–Crippen MR) is 193 cm³/mol. The van der Waals surface area contributed by atoms with Crippen LogP contribution in [0.25, 0.3) is 28.0 Å². The molecule has 2 aromatic heterocycles. The van der Waals surface area contributed by atoms with E-state index in [0.717, 1.165) is 50.6 Å². The van der Waals surface area contributed by atoms with Crippen molar-refractivity contribution < 1.29 is 19.4 Å². The molecule has 0 spiro atoms. The van der Waals surface area contributed by atoms with Crippen molar-refractivity contribution in [2.24, 2.45) is 5.10 Å². The first-order chi connectivity index (χ1) is 23.5. The maximum absolute atomic E-state index is 13.9. The Morgan fingerprint density at radius 2 is 1.71 bits per heavy atom. The maximum Gasteiger partial charge on any atom is 0.335 e. The fourth-order valence-corrected chi connectivity index (χ4v) is 6.06. The van der Waals surface area contributed by atoms with Crippen LogP contribution in [0.3, 0.4) is 0 Å². The predicted octanol–water partition coefficient (Wildman–Crippen LogP) is 8.07. The van der Waals surface area contributed by atoms with E-state index >= 15 is 0 Å². The summed E-state index contributed by atoms with van der Waals surface area (Å²) >= 11 is 0. The third-order valence-corrected chi connectivity index (χ3v) is 8.65. The molecule has 0 atom stereocenters. The van der Waals surface area contributed by atoms with Crippen LogP contribution in [-0.2, 0) is 6.61 Å². The number of para-hydroxylation sites is 1. The van der Waals surface area contributed by atoms with E-state index in [9.17, 15) is 14.7 Å². The molecule has 248 valence electrons. The third kappa shape index (κ3) is 6.60. The Hall–Kier alpha value is -5.96. The Labute approximate surface area is 284 Å². The number of hydrogen-bond acceptors (Lipinski definition) is 6. The van der Waals surface area contributed by atoms with Gasteiger partial charge in [0.1, 0.15) is 18.1 Å². The summed E-state index contributed by atoms with van der Waals surface area (Å²) in [5.41, 5.74) is 7.85. The van der Waals surface area contributed by atoms with Gasteiger partial charge in [0.15, 0.2) is 5.82 Å². The largest absolute Gasteiger partial charge is 0.496 e. The number of carboxylic acids is 1. The van der Waals surface area contributed by atoms with E-state index in [2.05, 4.69) is 18.4 Å². The Balaban J connectivity index is 1.33. The Morgan fingerprint density at radius 3 is 2.43 bits per heavy atom. The van der Waals surface area contributed by atoms with Crippen LogP contribution in [0.5, 0.6) is 11.5 Å². The van der Waals surface area contributed by atoms with Crippen molar-refractivity contribution in [2.45, 2.75) is 47.1 Å². The van der Waals surface area contributed by atoms with Crippen LogP contribution in [0.4, 0.5) is 0 Å². The summed E-state index contributed by atoms with van der Waals surface area (Å²) in [6, 6.07) is 27.8. The van der Waals surface area contributed by atoms with Crippen molar-refractivity contribution in [2.75, 3.05) is 7.11 Å². The first kappa shape index (κ1) is 33.0. The molecule has 0 aliphatic rings. The second kappa shape index (κ2) is 13.6. The highest BCUT2D eigenvalue weighted by Gasteiger charge is 2.19. The smallest absolute Gasteiger partial charge is 0.335 e. The fourth-order valence-electron chi connectivity index (χ4n) is 6.06. The number of nitrogens with zero attached hydrogens (tertiary/aromatic N) is 4. The standard InChI is InChI=1S/C40H38N4O5/c1-24(2)34-21-35(25(3)18-37(34)48-6)38-42-36-13-8-7-12-33(36)39(45)44(38)41-22-30-19-26(4)43(27(30)5)31-14-16-32(17-15-31)49-23-28-10-9-11-29(20-28)40(46)47/h7-22,24H,23H2,1-6H3,(H,46,47). The molecule has 0 fully saturated rings. The topological polar surface area (TPSA) is 108 Å². The highest BCUT2D eigenvalue weighted by molar-refractivity contribution is 5.87. The maximum atomic E-state index is 13.9. The summed E-state index contributed by atoms with van der Waals surface area (Å²) in [4.78, 5) is 30.2. The number of fused-ring (bicyclic) bond motifs is 1. The van der Waals surface area contributed by atoms with E-state index < -0.39 is 5.97 Å². The van der Waals surface area contributed by atoms with Gasteiger partial charge >= 0.3 is 5.97 Å². The summed E-state index contributed by atoms with van der Waals surface area (Å²) < 4.78 is 15.1. The van der Waals surface area contributed by atoms with Crippen LogP contribution in [0, 0.1) is 20.8 Å². The van der Waals surface area contributed by atoms with E-state index in [-0.39, 0.29) is 23.6 Å². The van der Waals surface area contributed by atoms with Gasteiger partial charge in [0.05, 0.1) is 29.8 Å². The van der Waals surface area contributed by atoms with Crippen LogP contribution in [-0.4, -0.2) is 38.6 Å². The Kier molecular flexibility index (Phi) is 9.18.